The molecule has 3 aromatic rings. The quantitative estimate of drug-likeness (QED) is 0.547. The highest BCUT2D eigenvalue weighted by Crippen LogP contribution is 2.43. The molecule has 1 aliphatic rings. The van der Waals surface area contributed by atoms with Crippen molar-refractivity contribution < 1.29 is 13.5 Å². The minimum absolute atomic E-state index is 0.00357. The van der Waals surface area contributed by atoms with Crippen molar-refractivity contribution >= 4 is 0 Å². The highest BCUT2D eigenvalue weighted by atomic mass is 19.1. The second-order valence-corrected chi connectivity index (χ2v) is 8.63. The fraction of sp³-hybridized carbons (Fsp3) is 0.458. The van der Waals surface area contributed by atoms with Crippen molar-refractivity contribution in [1.29, 1.82) is 0 Å². The molecule has 0 amide bonds. The molecule has 0 aliphatic heterocycles. The van der Waals surface area contributed by atoms with Gasteiger partial charge < -0.3 is 4.74 Å². The lowest BCUT2D eigenvalue weighted by atomic mass is 9.68. The predicted molar refractivity (Wildman–Crippen MR) is 117 cm³/mol. The Morgan fingerprint density at radius 3 is 2.34 bits per heavy atom. The number of alkyl halides is 2. The van der Waals surface area contributed by atoms with Gasteiger partial charge in [0.25, 0.3) is 0 Å². The molecule has 1 aliphatic carbocycles. The standard InChI is InChI=1S/C24H28F2N4O2/c1-17(20-12-18(14-25)11-19(13-20)15-26)32-16-24(21-5-3-2-4-6-21)9-7-22(8-10-24)30-23(31)27-28-29-30/h2-6,11-13,17,22H,7-10,14-16H2,1H3,(H,27,29,31)/t17-,22?,24?/m1/s1. The van der Waals surface area contributed by atoms with E-state index in [1.165, 1.54) is 10.2 Å². The van der Waals surface area contributed by atoms with E-state index in [9.17, 15) is 13.6 Å². The van der Waals surface area contributed by atoms with Gasteiger partial charge in [0, 0.05) is 5.41 Å². The molecule has 170 valence electrons. The summed E-state index contributed by atoms with van der Waals surface area (Å²) in [6.45, 7) is 1.12. The predicted octanol–water partition coefficient (Wildman–Crippen LogP) is 4.74. The van der Waals surface area contributed by atoms with Gasteiger partial charge in [-0.15, -0.1) is 0 Å². The zero-order chi connectivity index (χ0) is 22.6. The van der Waals surface area contributed by atoms with Crippen LogP contribution in [0.5, 0.6) is 0 Å². The second-order valence-electron chi connectivity index (χ2n) is 8.63. The van der Waals surface area contributed by atoms with Crippen molar-refractivity contribution in [1.82, 2.24) is 20.2 Å². The number of ether oxygens (including phenoxy) is 1. The van der Waals surface area contributed by atoms with Crippen LogP contribution in [-0.4, -0.2) is 26.8 Å². The summed E-state index contributed by atoms with van der Waals surface area (Å²) in [5.74, 6) is 0. The molecule has 0 bridgehead atoms. The topological polar surface area (TPSA) is 72.8 Å². The van der Waals surface area contributed by atoms with Crippen molar-refractivity contribution in [3.8, 4) is 0 Å². The first-order valence-electron chi connectivity index (χ1n) is 11.0. The molecule has 1 saturated carbocycles. The average Bonchev–Trinajstić information content (AvgIpc) is 3.28. The van der Waals surface area contributed by atoms with Gasteiger partial charge in [-0.1, -0.05) is 48.5 Å². The molecular weight excluding hydrogens is 414 g/mol. The van der Waals surface area contributed by atoms with Crippen molar-refractivity contribution in [3.05, 3.63) is 81.3 Å². The molecule has 4 rings (SSSR count). The number of benzene rings is 2. The highest BCUT2D eigenvalue weighted by molar-refractivity contribution is 5.31. The molecule has 0 saturated heterocycles. The number of halogens is 2. The Morgan fingerprint density at radius 1 is 1.12 bits per heavy atom. The molecule has 1 aromatic heterocycles. The summed E-state index contributed by atoms with van der Waals surface area (Å²) in [4.78, 5) is 11.9. The number of rotatable bonds is 8. The van der Waals surface area contributed by atoms with Crippen molar-refractivity contribution in [2.75, 3.05) is 6.61 Å². The van der Waals surface area contributed by atoms with E-state index in [0.717, 1.165) is 31.2 Å². The van der Waals surface area contributed by atoms with Crippen LogP contribution in [0.2, 0.25) is 0 Å². The summed E-state index contributed by atoms with van der Waals surface area (Å²) in [5.41, 5.74) is 2.39. The Hall–Kier alpha value is -2.87. The monoisotopic (exact) mass is 442 g/mol. The number of aromatic amines is 1. The van der Waals surface area contributed by atoms with Gasteiger partial charge in [-0.25, -0.2) is 18.7 Å². The molecule has 0 unspecified atom stereocenters. The normalized spacial score (nSPS) is 22.0. The number of hydrogen-bond donors (Lipinski definition) is 1. The smallest absolute Gasteiger partial charge is 0.361 e. The van der Waals surface area contributed by atoms with Gasteiger partial charge in [0.1, 0.15) is 13.3 Å². The van der Waals surface area contributed by atoms with Crippen molar-refractivity contribution in [3.63, 3.8) is 0 Å². The number of H-pyrrole nitrogens is 1. The molecule has 1 atom stereocenters. The summed E-state index contributed by atoms with van der Waals surface area (Å²) >= 11 is 0. The van der Waals surface area contributed by atoms with E-state index in [1.807, 2.05) is 25.1 Å². The Morgan fingerprint density at radius 2 is 1.78 bits per heavy atom. The molecule has 6 nitrogen and oxygen atoms in total. The molecule has 1 fully saturated rings. The maximum Gasteiger partial charge on any atom is 0.361 e. The third-order valence-electron chi connectivity index (χ3n) is 6.60. The van der Waals surface area contributed by atoms with Gasteiger partial charge in [-0.3, -0.25) is 0 Å². The van der Waals surface area contributed by atoms with E-state index >= 15 is 0 Å². The van der Waals surface area contributed by atoms with Gasteiger partial charge in [0.05, 0.1) is 18.8 Å². The summed E-state index contributed by atoms with van der Waals surface area (Å²) in [5, 5.41) is 9.89. The Kier molecular flexibility index (Phi) is 6.79. The Bertz CT molecular complexity index is 1050. The fourth-order valence-corrected chi connectivity index (χ4v) is 4.71. The third-order valence-corrected chi connectivity index (χ3v) is 6.60. The minimum atomic E-state index is -0.635. The molecule has 0 spiro atoms. The fourth-order valence-electron chi connectivity index (χ4n) is 4.71. The van der Waals surface area contributed by atoms with Crippen LogP contribution >= 0.6 is 0 Å². The largest absolute Gasteiger partial charge is 0.373 e. The summed E-state index contributed by atoms with van der Waals surface area (Å²) < 4.78 is 34.2. The van der Waals surface area contributed by atoms with Crippen molar-refractivity contribution in [2.45, 2.75) is 63.5 Å². The molecule has 8 heteroatoms. The van der Waals surface area contributed by atoms with Crippen molar-refractivity contribution in [2.24, 2.45) is 0 Å². The lowest BCUT2D eigenvalue weighted by Gasteiger charge is -2.41. The van der Waals surface area contributed by atoms with Gasteiger partial charge in [-0.2, -0.15) is 4.68 Å². The van der Waals surface area contributed by atoms with Gasteiger partial charge in [0.2, 0.25) is 0 Å². The van der Waals surface area contributed by atoms with Crippen LogP contribution in [0, 0.1) is 0 Å². The zero-order valence-corrected chi connectivity index (χ0v) is 18.1. The first-order chi connectivity index (χ1) is 15.5. The molecule has 32 heavy (non-hydrogen) atoms. The van der Waals surface area contributed by atoms with Gasteiger partial charge >= 0.3 is 5.69 Å². The first kappa shape index (κ1) is 22.3. The Balaban J connectivity index is 1.53. The number of hydrogen-bond acceptors (Lipinski definition) is 4. The maximum atomic E-state index is 13.2. The Labute approximate surface area is 185 Å². The SMILES string of the molecule is C[C@@H](OCC1(c2ccccc2)CCC(n2nn[nH]c2=O)CC1)c1cc(CF)cc(CF)c1. The van der Waals surface area contributed by atoms with E-state index in [0.29, 0.717) is 17.7 Å². The molecule has 0 radical (unpaired) electrons. The molecular formula is C24H28F2N4O2. The van der Waals surface area contributed by atoms with E-state index in [-0.39, 0.29) is 23.3 Å². The van der Waals surface area contributed by atoms with Crippen LogP contribution in [0.1, 0.15) is 67.0 Å². The third kappa shape index (κ3) is 4.65. The van der Waals surface area contributed by atoms with E-state index in [4.69, 9.17) is 4.74 Å². The van der Waals surface area contributed by atoms with E-state index in [2.05, 4.69) is 27.7 Å². The number of nitrogens with zero attached hydrogens (tertiary/aromatic N) is 3. The van der Waals surface area contributed by atoms with Crippen LogP contribution in [-0.2, 0) is 23.5 Å². The first-order valence-corrected chi connectivity index (χ1v) is 11.0. The van der Waals surface area contributed by atoms with Crippen LogP contribution in [0.25, 0.3) is 0 Å². The lowest BCUT2D eigenvalue weighted by molar-refractivity contribution is 0.00917. The maximum absolute atomic E-state index is 13.2. The number of nitrogens with one attached hydrogen (secondary N) is 1. The molecule has 2 aromatic carbocycles. The van der Waals surface area contributed by atoms with E-state index < -0.39 is 13.3 Å². The lowest BCUT2D eigenvalue weighted by Crippen LogP contribution is -2.39. The van der Waals surface area contributed by atoms with Crippen LogP contribution in [0.4, 0.5) is 8.78 Å². The summed E-state index contributed by atoms with van der Waals surface area (Å²) in [7, 11) is 0. The van der Waals surface area contributed by atoms with Crippen LogP contribution < -0.4 is 5.69 Å². The molecule has 1 N–H and O–H groups in total. The second kappa shape index (κ2) is 9.73. The summed E-state index contributed by atoms with van der Waals surface area (Å²) in [6, 6.07) is 15.3. The van der Waals surface area contributed by atoms with E-state index in [1.54, 1.807) is 18.2 Å². The minimum Gasteiger partial charge on any atom is -0.373 e. The zero-order valence-electron chi connectivity index (χ0n) is 18.1. The van der Waals surface area contributed by atoms with Gasteiger partial charge in [0.15, 0.2) is 0 Å². The highest BCUT2D eigenvalue weighted by Gasteiger charge is 2.39. The average molecular weight is 443 g/mol. The number of aromatic nitrogens is 4. The van der Waals surface area contributed by atoms with Crippen LogP contribution in [0.3, 0.4) is 0 Å². The van der Waals surface area contributed by atoms with Crippen LogP contribution in [0.15, 0.2) is 53.3 Å². The summed E-state index contributed by atoms with van der Waals surface area (Å²) in [6.07, 6.45) is 2.91. The van der Waals surface area contributed by atoms with Gasteiger partial charge in [-0.05, 0) is 65.3 Å². The molecule has 1 heterocycles. The number of tetrazole rings is 1.